The minimum atomic E-state index is -0.741. The molecule has 10 heteroatoms. The monoisotopic (exact) mass is 393 g/mol. The molecule has 1 saturated heterocycles. The summed E-state index contributed by atoms with van der Waals surface area (Å²) in [5, 5.41) is 27.0. The van der Waals surface area contributed by atoms with Gasteiger partial charge in [-0.05, 0) is 42.5 Å². The van der Waals surface area contributed by atoms with E-state index in [1.54, 1.807) is 23.0 Å². The van der Waals surface area contributed by atoms with Gasteiger partial charge < -0.3 is 25.5 Å². The molecule has 0 spiro atoms. The lowest BCUT2D eigenvalue weighted by Gasteiger charge is -2.26. The summed E-state index contributed by atoms with van der Waals surface area (Å²) in [6, 6.07) is 7.59. The second kappa shape index (κ2) is 6.79. The molecule has 29 heavy (non-hydrogen) atoms. The van der Waals surface area contributed by atoms with Crippen LogP contribution < -0.4 is 15.7 Å². The number of ether oxygens (including phenoxy) is 1. The highest BCUT2D eigenvalue weighted by Gasteiger charge is 2.53. The van der Waals surface area contributed by atoms with E-state index in [0.717, 1.165) is 17.7 Å². The van der Waals surface area contributed by atoms with Gasteiger partial charge >= 0.3 is 7.12 Å². The average Bonchev–Trinajstić information content (AvgIpc) is 3.43. The van der Waals surface area contributed by atoms with Crippen molar-refractivity contribution in [3.05, 3.63) is 35.5 Å². The fourth-order valence-corrected chi connectivity index (χ4v) is 4.23. The number of benzene rings is 1. The molecular weight excluding hydrogens is 373 g/mol. The lowest BCUT2D eigenvalue weighted by molar-refractivity contribution is 0.0342. The Bertz CT molecular complexity index is 1020. The molecule has 4 atom stereocenters. The van der Waals surface area contributed by atoms with Gasteiger partial charge in [0.1, 0.15) is 11.3 Å². The Morgan fingerprint density at radius 1 is 1.48 bits per heavy atom. The number of rotatable bonds is 4. The molecular formula is C19H20BN5O4. The van der Waals surface area contributed by atoms with E-state index in [1.807, 2.05) is 6.07 Å². The number of aromatic nitrogens is 2. The van der Waals surface area contributed by atoms with E-state index in [4.69, 9.17) is 15.1 Å². The zero-order chi connectivity index (χ0) is 20.1. The van der Waals surface area contributed by atoms with E-state index < -0.39 is 13.0 Å². The number of hydrogen-bond acceptors (Lipinski definition) is 7. The van der Waals surface area contributed by atoms with Gasteiger partial charge in [-0.2, -0.15) is 10.4 Å². The van der Waals surface area contributed by atoms with Crippen LogP contribution in [0.3, 0.4) is 0 Å². The summed E-state index contributed by atoms with van der Waals surface area (Å²) in [5.74, 6) is 0.612. The minimum absolute atomic E-state index is 0.146. The first-order valence-electron chi connectivity index (χ1n) is 9.67. The molecule has 2 fully saturated rings. The van der Waals surface area contributed by atoms with Gasteiger partial charge in [0.25, 0.3) is 5.91 Å². The molecule has 1 aromatic heterocycles. The van der Waals surface area contributed by atoms with Crippen LogP contribution in [0.4, 0.5) is 11.5 Å². The van der Waals surface area contributed by atoms with Gasteiger partial charge in [0.05, 0.1) is 24.6 Å². The Hall–Kier alpha value is -3.03. The Labute approximate surface area is 167 Å². The van der Waals surface area contributed by atoms with Crippen LogP contribution in [0.2, 0.25) is 5.82 Å². The molecule has 3 heterocycles. The van der Waals surface area contributed by atoms with Crippen molar-refractivity contribution < 1.29 is 19.2 Å². The van der Waals surface area contributed by atoms with Gasteiger partial charge in [0.15, 0.2) is 5.82 Å². The van der Waals surface area contributed by atoms with Crippen LogP contribution in [0.1, 0.15) is 40.7 Å². The second-order valence-corrected chi connectivity index (χ2v) is 7.79. The summed E-state index contributed by atoms with van der Waals surface area (Å²) in [6.07, 6.45) is 3.09. The number of fused-ring (bicyclic) bond motifs is 3. The van der Waals surface area contributed by atoms with Crippen LogP contribution in [0.5, 0.6) is 5.75 Å². The molecule has 0 bridgehead atoms. The minimum Gasteiger partial charge on any atom is -0.536 e. The normalized spacial score (nSPS) is 27.2. The molecule has 1 aromatic carbocycles. The third kappa shape index (κ3) is 3.12. The lowest BCUT2D eigenvalue weighted by atomic mass is 9.77. The fourth-order valence-electron chi connectivity index (χ4n) is 4.23. The van der Waals surface area contributed by atoms with Crippen molar-refractivity contribution in [3.63, 3.8) is 0 Å². The van der Waals surface area contributed by atoms with Crippen molar-refractivity contribution in [1.29, 1.82) is 5.26 Å². The summed E-state index contributed by atoms with van der Waals surface area (Å²) < 4.78 is 12.7. The average molecular weight is 393 g/mol. The SMILES string of the molecule is N#C[C@H]1CCOCC1n1cc(C(N)=O)c(Nc2ccc3c(c2)C2CC2B(O)O3)n1. The first-order valence-corrected chi connectivity index (χ1v) is 9.67. The van der Waals surface area contributed by atoms with Crippen LogP contribution in [-0.2, 0) is 4.74 Å². The van der Waals surface area contributed by atoms with Crippen molar-refractivity contribution in [2.75, 3.05) is 18.5 Å². The Kier molecular flexibility index (Phi) is 4.22. The van der Waals surface area contributed by atoms with Gasteiger partial charge in [-0.1, -0.05) is 0 Å². The van der Waals surface area contributed by atoms with Gasteiger partial charge in [-0.3, -0.25) is 9.48 Å². The molecule has 4 N–H and O–H groups in total. The fraction of sp³-hybridized carbons (Fsp3) is 0.421. The molecule has 1 aliphatic carbocycles. The van der Waals surface area contributed by atoms with Crippen LogP contribution in [0.25, 0.3) is 0 Å². The highest BCUT2D eigenvalue weighted by molar-refractivity contribution is 6.48. The van der Waals surface area contributed by atoms with Gasteiger partial charge in [-0.25, -0.2) is 0 Å². The molecule has 0 radical (unpaired) electrons. The number of nitrogens with zero attached hydrogens (tertiary/aromatic N) is 3. The maximum Gasteiger partial charge on any atom is 0.526 e. The predicted molar refractivity (Wildman–Crippen MR) is 104 cm³/mol. The zero-order valence-electron chi connectivity index (χ0n) is 15.6. The Morgan fingerprint density at radius 3 is 3.14 bits per heavy atom. The number of anilines is 2. The van der Waals surface area contributed by atoms with Crippen molar-refractivity contribution in [1.82, 2.24) is 9.78 Å². The van der Waals surface area contributed by atoms with Gasteiger partial charge in [0, 0.05) is 24.3 Å². The topological polar surface area (TPSA) is 135 Å². The number of carbonyl (C=O) groups excluding carboxylic acids is 1. The molecule has 3 aliphatic rings. The summed E-state index contributed by atoms with van der Waals surface area (Å²) in [7, 11) is -0.741. The molecule has 3 unspecified atom stereocenters. The number of nitrogens with one attached hydrogen (secondary N) is 1. The Balaban J connectivity index is 1.44. The standard InChI is InChI=1S/C19H20BN5O4/c21-7-10-3-4-28-9-16(10)25-8-14(18(22)26)19(24-25)23-11-1-2-17-13(5-11)12-6-15(12)20(27)29-17/h1-2,5,8,10,12,15-16,27H,3-4,6,9H2,(H2,22,26)(H,23,24)/t10-,12?,15?,16?/m1/s1. The molecule has 9 nitrogen and oxygen atoms in total. The largest absolute Gasteiger partial charge is 0.536 e. The smallest absolute Gasteiger partial charge is 0.526 e. The molecule has 1 saturated carbocycles. The van der Waals surface area contributed by atoms with Crippen LogP contribution >= 0.6 is 0 Å². The van der Waals surface area contributed by atoms with Crippen LogP contribution in [0.15, 0.2) is 24.4 Å². The summed E-state index contributed by atoms with van der Waals surface area (Å²) >= 11 is 0. The van der Waals surface area contributed by atoms with Crippen LogP contribution in [-0.4, -0.2) is 41.0 Å². The predicted octanol–water partition coefficient (Wildman–Crippen LogP) is 1.56. The molecule has 148 valence electrons. The van der Waals surface area contributed by atoms with Crippen LogP contribution in [0, 0.1) is 17.2 Å². The zero-order valence-corrected chi connectivity index (χ0v) is 15.6. The number of carbonyl (C=O) groups is 1. The summed E-state index contributed by atoms with van der Waals surface area (Å²) in [6.45, 7) is 0.900. The number of hydrogen-bond donors (Lipinski definition) is 3. The van der Waals surface area contributed by atoms with Crippen molar-refractivity contribution in [2.24, 2.45) is 11.7 Å². The summed E-state index contributed by atoms with van der Waals surface area (Å²) in [5.41, 5.74) is 7.59. The third-order valence-electron chi connectivity index (χ3n) is 5.96. The number of amides is 1. The maximum absolute atomic E-state index is 12.0. The Morgan fingerprint density at radius 2 is 2.34 bits per heavy atom. The molecule has 1 amide bonds. The maximum atomic E-state index is 12.0. The highest BCUT2D eigenvalue weighted by atomic mass is 16.5. The van der Waals surface area contributed by atoms with E-state index in [-0.39, 0.29) is 23.3 Å². The van der Waals surface area contributed by atoms with Gasteiger partial charge in [0.2, 0.25) is 0 Å². The van der Waals surface area contributed by atoms with E-state index in [9.17, 15) is 15.1 Å². The van der Waals surface area contributed by atoms with Crippen molar-refractivity contribution in [2.45, 2.75) is 30.6 Å². The third-order valence-corrected chi connectivity index (χ3v) is 5.96. The van der Waals surface area contributed by atoms with E-state index in [0.29, 0.717) is 37.1 Å². The highest BCUT2D eigenvalue weighted by Crippen LogP contribution is 2.59. The first kappa shape index (κ1) is 18.0. The van der Waals surface area contributed by atoms with Crippen molar-refractivity contribution in [3.8, 4) is 11.8 Å². The van der Waals surface area contributed by atoms with Gasteiger partial charge in [-0.15, -0.1) is 0 Å². The molecule has 5 rings (SSSR count). The number of primary amides is 1. The summed E-state index contributed by atoms with van der Waals surface area (Å²) in [4.78, 5) is 12.0. The first-order chi connectivity index (χ1) is 14.0. The van der Waals surface area contributed by atoms with E-state index in [1.165, 1.54) is 0 Å². The quantitative estimate of drug-likeness (QED) is 0.671. The number of nitrogens with two attached hydrogens (primary N) is 1. The second-order valence-electron chi connectivity index (χ2n) is 7.79. The van der Waals surface area contributed by atoms with E-state index in [2.05, 4.69) is 16.5 Å². The lowest BCUT2D eigenvalue weighted by Crippen LogP contribution is -2.29. The molecule has 2 aliphatic heterocycles. The van der Waals surface area contributed by atoms with Crippen molar-refractivity contribution >= 4 is 24.5 Å². The molecule has 2 aromatic rings. The number of nitriles is 1. The van der Waals surface area contributed by atoms with E-state index >= 15 is 0 Å².